The first-order valence-corrected chi connectivity index (χ1v) is 52.1. The van der Waals surface area contributed by atoms with Gasteiger partial charge in [0.15, 0.2) is 0 Å². The second-order valence-electron chi connectivity index (χ2n) is 35.2. The Labute approximate surface area is 726 Å². The van der Waals surface area contributed by atoms with E-state index < -0.39 is 43.8 Å². The molecular formula is C104H198O10Ti. The molecule has 0 rings (SSSR count). The molecule has 4 N–H and O–H groups in total. The number of rotatable bonds is 94. The van der Waals surface area contributed by atoms with E-state index in [2.05, 4.69) is 90.2 Å². The molecule has 11 heteroatoms. The fourth-order valence-electron chi connectivity index (χ4n) is 15.9. The molecule has 0 heterocycles. The molecule has 0 bridgehead atoms. The molecule has 0 aromatic rings. The molecular weight excluding hydrogens is 1460 g/mol. The summed E-state index contributed by atoms with van der Waals surface area (Å²) in [5, 5.41) is 34.7. The summed E-state index contributed by atoms with van der Waals surface area (Å²) in [4.78, 5) is 42.1. The van der Waals surface area contributed by atoms with Crippen LogP contribution < -0.4 is 0 Å². The molecule has 678 valence electrons. The van der Waals surface area contributed by atoms with E-state index in [4.69, 9.17) is 27.1 Å². The van der Waals surface area contributed by atoms with Crippen LogP contribution in [0, 0.1) is 23.7 Å². The first kappa shape index (κ1) is 117. The van der Waals surface area contributed by atoms with Crippen molar-refractivity contribution >= 4 is 23.9 Å². The minimum absolute atomic E-state index is 0.324. The number of unbranched alkanes of at least 4 members (excludes halogenated alkanes) is 54. The molecule has 0 aromatic heterocycles. The minimum Gasteiger partial charge on any atom is -0.481 e. The van der Waals surface area contributed by atoms with E-state index in [9.17, 15) is 19.2 Å². The zero-order valence-electron chi connectivity index (χ0n) is 77.6. The maximum absolute atomic E-state index is 10.5. The Hall–Kier alpha value is -2.53. The van der Waals surface area contributed by atoms with Crippen LogP contribution in [-0.2, 0) is 45.7 Å². The second-order valence-corrected chi connectivity index (χ2v) is 36.3. The van der Waals surface area contributed by atoms with Crippen molar-refractivity contribution in [3.63, 3.8) is 0 Å². The number of hydrogen-bond donors (Lipinski definition) is 4. The third-order valence-corrected chi connectivity index (χ3v) is 24.8. The van der Waals surface area contributed by atoms with Crippen LogP contribution in [0.15, 0.2) is 48.6 Å². The van der Waals surface area contributed by atoms with Crippen molar-refractivity contribution in [1.29, 1.82) is 0 Å². The van der Waals surface area contributed by atoms with Crippen LogP contribution in [-0.4, -0.2) is 57.5 Å². The van der Waals surface area contributed by atoms with E-state index in [0.717, 1.165) is 88.3 Å². The van der Waals surface area contributed by atoms with Crippen LogP contribution in [0.25, 0.3) is 0 Å². The van der Waals surface area contributed by atoms with E-state index in [0.29, 0.717) is 25.7 Å². The molecule has 0 saturated heterocycles. The number of carbonyl (C=O) groups is 4. The van der Waals surface area contributed by atoms with Gasteiger partial charge in [0.1, 0.15) is 0 Å². The average Bonchev–Trinajstić information content (AvgIpc) is 1.09. The summed E-state index contributed by atoms with van der Waals surface area (Å²) < 4.78 is 11.6. The van der Waals surface area contributed by atoms with Gasteiger partial charge in [-0.05, 0) is 140 Å². The van der Waals surface area contributed by atoms with E-state index >= 15 is 0 Å². The van der Waals surface area contributed by atoms with E-state index in [-0.39, 0.29) is 0 Å². The largest absolute Gasteiger partial charge is 0.481 e. The Morgan fingerprint density at radius 3 is 0.539 bits per heavy atom. The van der Waals surface area contributed by atoms with Gasteiger partial charge in [-0.25, -0.2) is 0 Å². The number of aliphatic carboxylic acids is 4. The van der Waals surface area contributed by atoms with Crippen molar-refractivity contribution in [2.45, 2.75) is 555 Å². The molecule has 115 heavy (non-hydrogen) atoms. The number of carboxylic acids is 4. The zero-order valence-corrected chi connectivity index (χ0v) is 79.2. The summed E-state index contributed by atoms with van der Waals surface area (Å²) in [5.74, 6) is 0.771. The van der Waals surface area contributed by atoms with Gasteiger partial charge in [0.2, 0.25) is 0 Å². The quantitative estimate of drug-likeness (QED) is 0.0261. The first-order chi connectivity index (χ1) is 56.4. The average molecular weight is 1660 g/mol. The Kier molecular flexibility index (Phi) is 105. The predicted octanol–water partition coefficient (Wildman–Crippen LogP) is 35.3. The summed E-state index contributed by atoms with van der Waals surface area (Å²) in [7, 11) is 0. The fraction of sp³-hybridized carbons (Fsp3) is 0.885. The van der Waals surface area contributed by atoms with Crippen molar-refractivity contribution in [1.82, 2.24) is 0 Å². The molecule has 0 aliphatic rings. The molecule has 10 nitrogen and oxygen atoms in total. The van der Waals surface area contributed by atoms with Gasteiger partial charge in [0.05, 0.1) is 0 Å². The third kappa shape index (κ3) is 108. The molecule has 0 fully saturated rings. The van der Waals surface area contributed by atoms with Crippen molar-refractivity contribution < 1.29 is 66.2 Å². The van der Waals surface area contributed by atoms with Crippen molar-refractivity contribution in [2.24, 2.45) is 23.7 Å². The van der Waals surface area contributed by atoms with Crippen LogP contribution in [0.3, 0.4) is 0 Å². The molecule has 0 saturated carbocycles. The summed E-state index contributed by atoms with van der Waals surface area (Å²) >= 11 is -0.618. The smallest absolute Gasteiger partial charge is 0.303 e. The summed E-state index contributed by atoms with van der Waals surface area (Å²) in [6, 6.07) is 0. The van der Waals surface area contributed by atoms with Gasteiger partial charge in [-0.3, -0.25) is 19.2 Å². The molecule has 0 aliphatic carbocycles. The Morgan fingerprint density at radius 2 is 0.365 bits per heavy atom. The maximum atomic E-state index is 10.5. The van der Waals surface area contributed by atoms with Gasteiger partial charge < -0.3 is 20.4 Å². The molecule has 2 unspecified atom stereocenters. The maximum Gasteiger partial charge on any atom is 0.303 e. The Bertz CT molecular complexity index is 1790. The predicted molar refractivity (Wildman–Crippen MR) is 496 cm³/mol. The molecule has 0 aliphatic heterocycles. The zero-order chi connectivity index (χ0) is 84.4. The molecule has 0 aromatic carbocycles. The monoisotopic (exact) mass is 1660 g/mol. The van der Waals surface area contributed by atoms with Gasteiger partial charge in [-0.15, -0.1) is 0 Å². The Morgan fingerprint density at radius 1 is 0.209 bits per heavy atom. The van der Waals surface area contributed by atoms with Gasteiger partial charge in [-0.1, -0.05) is 371 Å². The molecule has 0 radical (unpaired) electrons. The minimum atomic E-state index is -0.664. The van der Waals surface area contributed by atoms with E-state index in [1.54, 1.807) is 0 Å². The van der Waals surface area contributed by atoms with Gasteiger partial charge in [0, 0.05) is 25.7 Å². The second kappa shape index (κ2) is 104. The van der Waals surface area contributed by atoms with E-state index in [1.165, 1.54) is 437 Å². The molecule has 0 spiro atoms. The molecule has 2 atom stereocenters. The van der Waals surface area contributed by atoms with Gasteiger partial charge in [0.25, 0.3) is 0 Å². The Balaban J connectivity index is -0.00000178. The fourth-order valence-corrected chi connectivity index (χ4v) is 17.0. The SMILES string of the molecule is CCCCC(CC)C[O][Ti][O]CC(CC)CCCC.CCCCCCCC(CCCCCCCC/C=C\CCCCCCCC(=O)O)CCCCCCCC/C=C\CCCCCCCC(=O)O.CCCCCCCC(CCCCCCCC/C=C\CCCCCCCC(=O)O)CCCCCCCC/C=C\CCCCCCCC(=O)O. The number of allylic oxidation sites excluding steroid dienone is 8. The van der Waals surface area contributed by atoms with Gasteiger partial charge in [-0.2, -0.15) is 0 Å². The van der Waals surface area contributed by atoms with Crippen molar-refractivity contribution in [2.75, 3.05) is 13.2 Å². The normalized spacial score (nSPS) is 12.3. The topological polar surface area (TPSA) is 168 Å². The summed E-state index contributed by atoms with van der Waals surface area (Å²) in [5.41, 5.74) is 0. The van der Waals surface area contributed by atoms with Crippen LogP contribution in [0.1, 0.15) is 555 Å². The summed E-state index contributed by atoms with van der Waals surface area (Å²) in [6.45, 7) is 15.5. The van der Waals surface area contributed by atoms with Crippen molar-refractivity contribution in [3.8, 4) is 0 Å². The standard InChI is InChI=1S/2C44H82O4.2C8H17O.Ti/c2*1-2-3-4-27-32-37-42(38-33-28-23-19-15-11-7-5-9-13-17-21-25-30-35-40-43(45)46)39-34-29-24-20-16-12-8-6-10-14-18-22-26-31-36-41-44(47)48;2*1-3-5-6-8(4-2)7-9;/h2*5-6,9-10,42H,2-4,7-8,11-41H2,1H3,(H,45,46)(H,47,48);2*8H,3-7H2,1-2H3;/q;;2*-1;+2/b2*9-5-,10-6-;;;. The van der Waals surface area contributed by atoms with Crippen LogP contribution in [0.5, 0.6) is 0 Å². The van der Waals surface area contributed by atoms with Gasteiger partial charge >= 0.3 is 155 Å². The van der Waals surface area contributed by atoms with Crippen LogP contribution in [0.2, 0.25) is 0 Å². The van der Waals surface area contributed by atoms with Crippen molar-refractivity contribution in [3.05, 3.63) is 48.6 Å². The van der Waals surface area contributed by atoms with Crippen LogP contribution in [0.4, 0.5) is 0 Å². The van der Waals surface area contributed by atoms with Crippen LogP contribution >= 0.6 is 0 Å². The van der Waals surface area contributed by atoms with E-state index in [1.807, 2.05) is 0 Å². The molecule has 0 amide bonds. The summed E-state index contributed by atoms with van der Waals surface area (Å²) in [6.07, 6.45) is 119. The number of carboxylic acid groups (broad SMARTS) is 4. The third-order valence-electron chi connectivity index (χ3n) is 23.9. The first-order valence-electron chi connectivity index (χ1n) is 50.9. The number of hydrogen-bond acceptors (Lipinski definition) is 6.